The molecule has 1 N–H and O–H groups in total. The van der Waals surface area contributed by atoms with E-state index in [1.54, 1.807) is 36.4 Å². The van der Waals surface area contributed by atoms with Crippen LogP contribution in [0, 0.1) is 5.92 Å². The summed E-state index contributed by atoms with van der Waals surface area (Å²) in [6, 6.07) is 23.8. The molecule has 0 aliphatic carbocycles. The molecule has 4 nitrogen and oxygen atoms in total. The van der Waals surface area contributed by atoms with Crippen molar-refractivity contribution in [3.05, 3.63) is 90.0 Å². The summed E-state index contributed by atoms with van der Waals surface area (Å²) in [6.45, 7) is 4.74. The van der Waals surface area contributed by atoms with E-state index in [0.717, 1.165) is 17.5 Å². The maximum absolute atomic E-state index is 12.6. The Morgan fingerprint density at radius 3 is 2.07 bits per heavy atom. The zero-order valence-electron chi connectivity index (χ0n) is 16.1. The van der Waals surface area contributed by atoms with Gasteiger partial charge in [-0.25, -0.2) is 8.42 Å². The number of nitrogens with one attached hydrogen (secondary N) is 1. The average molecular weight is 396 g/mol. The quantitative estimate of drug-likeness (QED) is 0.566. The van der Waals surface area contributed by atoms with Crippen LogP contribution in [-0.2, 0) is 23.1 Å². The van der Waals surface area contributed by atoms with Gasteiger partial charge in [-0.1, -0.05) is 56.3 Å². The van der Waals surface area contributed by atoms with E-state index in [4.69, 9.17) is 4.74 Å². The summed E-state index contributed by atoms with van der Waals surface area (Å²) in [5, 5.41) is 0. The number of benzene rings is 3. The molecule has 0 aliphatic rings. The molecule has 3 aromatic carbocycles. The van der Waals surface area contributed by atoms with Gasteiger partial charge in [-0.2, -0.15) is 0 Å². The highest BCUT2D eigenvalue weighted by Gasteiger charge is 2.14. The van der Waals surface area contributed by atoms with Gasteiger partial charge in [0.05, 0.1) is 4.90 Å². The van der Waals surface area contributed by atoms with Crippen LogP contribution in [0.3, 0.4) is 0 Å². The second kappa shape index (κ2) is 8.93. The first-order valence-corrected chi connectivity index (χ1v) is 10.8. The molecular formula is C23H25NO3S. The van der Waals surface area contributed by atoms with Crippen LogP contribution in [0.1, 0.15) is 25.0 Å². The predicted octanol–water partition coefficient (Wildman–Crippen LogP) is 5.26. The normalized spacial score (nSPS) is 11.4. The van der Waals surface area contributed by atoms with Gasteiger partial charge < -0.3 is 4.74 Å². The van der Waals surface area contributed by atoms with Crippen molar-refractivity contribution in [2.45, 2.75) is 31.8 Å². The Kier molecular flexibility index (Phi) is 6.37. The van der Waals surface area contributed by atoms with Crippen LogP contribution in [-0.4, -0.2) is 8.42 Å². The molecule has 0 radical (unpaired) electrons. The fourth-order valence-electron chi connectivity index (χ4n) is 2.85. The van der Waals surface area contributed by atoms with E-state index in [-0.39, 0.29) is 4.90 Å². The number of hydrogen-bond donors (Lipinski definition) is 1. The summed E-state index contributed by atoms with van der Waals surface area (Å²) >= 11 is 0. The second-order valence-electron chi connectivity index (χ2n) is 7.15. The minimum Gasteiger partial charge on any atom is -0.489 e. The first kappa shape index (κ1) is 20.0. The summed E-state index contributed by atoms with van der Waals surface area (Å²) in [5.41, 5.74) is 2.71. The van der Waals surface area contributed by atoms with Crippen molar-refractivity contribution in [3.8, 4) is 5.75 Å². The predicted molar refractivity (Wildman–Crippen MR) is 113 cm³/mol. The largest absolute Gasteiger partial charge is 0.489 e. The van der Waals surface area contributed by atoms with Gasteiger partial charge in [0.15, 0.2) is 0 Å². The molecular weight excluding hydrogens is 370 g/mol. The van der Waals surface area contributed by atoms with E-state index in [1.165, 1.54) is 0 Å². The molecule has 0 fully saturated rings. The molecule has 0 aliphatic heterocycles. The van der Waals surface area contributed by atoms with Crippen molar-refractivity contribution in [1.29, 1.82) is 0 Å². The third-order valence-corrected chi connectivity index (χ3v) is 5.63. The Balaban J connectivity index is 1.62. The zero-order chi connectivity index (χ0) is 20.0. The molecule has 0 saturated carbocycles. The van der Waals surface area contributed by atoms with Gasteiger partial charge in [0.1, 0.15) is 12.4 Å². The number of hydrogen-bond acceptors (Lipinski definition) is 3. The third-order valence-electron chi connectivity index (χ3n) is 4.23. The van der Waals surface area contributed by atoms with E-state index in [2.05, 4.69) is 18.6 Å². The number of ether oxygens (including phenoxy) is 1. The molecule has 0 saturated heterocycles. The van der Waals surface area contributed by atoms with Crippen molar-refractivity contribution >= 4 is 15.7 Å². The molecule has 28 heavy (non-hydrogen) atoms. The molecule has 0 heterocycles. The monoisotopic (exact) mass is 395 g/mol. The Hall–Kier alpha value is -2.79. The summed E-state index contributed by atoms with van der Waals surface area (Å²) in [5.74, 6) is 1.22. The molecule has 0 aromatic heterocycles. The molecule has 3 aromatic rings. The van der Waals surface area contributed by atoms with Crippen molar-refractivity contribution in [2.75, 3.05) is 4.72 Å². The van der Waals surface area contributed by atoms with Crippen molar-refractivity contribution < 1.29 is 13.2 Å². The molecule has 0 spiro atoms. The molecule has 146 valence electrons. The van der Waals surface area contributed by atoms with Gasteiger partial charge in [0.2, 0.25) is 0 Å². The minimum absolute atomic E-state index is 0.254. The molecule has 5 heteroatoms. The summed E-state index contributed by atoms with van der Waals surface area (Å²) in [6.07, 6.45) is 0.929. The topological polar surface area (TPSA) is 55.4 Å². The molecule has 0 unspecified atom stereocenters. The van der Waals surface area contributed by atoms with E-state index in [1.807, 2.05) is 42.5 Å². The van der Waals surface area contributed by atoms with E-state index in [9.17, 15) is 8.42 Å². The van der Waals surface area contributed by atoms with Crippen LogP contribution in [0.15, 0.2) is 83.8 Å². The number of sulfonamides is 1. The van der Waals surface area contributed by atoms with Gasteiger partial charge in [-0.15, -0.1) is 0 Å². The van der Waals surface area contributed by atoms with Crippen LogP contribution in [0.4, 0.5) is 5.69 Å². The maximum atomic E-state index is 12.6. The van der Waals surface area contributed by atoms with Gasteiger partial charge in [-0.3, -0.25) is 4.72 Å². The van der Waals surface area contributed by atoms with Gasteiger partial charge >= 0.3 is 0 Å². The van der Waals surface area contributed by atoms with Crippen LogP contribution in [0.25, 0.3) is 0 Å². The fourth-order valence-corrected chi connectivity index (χ4v) is 3.91. The first-order chi connectivity index (χ1) is 13.4. The summed E-state index contributed by atoms with van der Waals surface area (Å²) in [4.78, 5) is 0.254. The lowest BCUT2D eigenvalue weighted by Crippen LogP contribution is -2.13. The van der Waals surface area contributed by atoms with E-state index in [0.29, 0.717) is 24.0 Å². The van der Waals surface area contributed by atoms with Gasteiger partial charge in [-0.05, 0) is 59.9 Å². The second-order valence-corrected chi connectivity index (χ2v) is 8.83. The lowest BCUT2D eigenvalue weighted by atomic mass is 10.0. The Morgan fingerprint density at radius 2 is 1.46 bits per heavy atom. The third kappa shape index (κ3) is 5.60. The Bertz CT molecular complexity index is 980. The van der Waals surface area contributed by atoms with Crippen molar-refractivity contribution in [2.24, 2.45) is 5.92 Å². The zero-order valence-corrected chi connectivity index (χ0v) is 16.9. The Labute approximate surface area is 167 Å². The van der Waals surface area contributed by atoms with E-state index >= 15 is 0 Å². The lowest BCUT2D eigenvalue weighted by molar-refractivity contribution is 0.306. The molecule has 0 bridgehead atoms. The van der Waals surface area contributed by atoms with Crippen LogP contribution in [0.2, 0.25) is 0 Å². The molecule has 3 rings (SSSR count). The average Bonchev–Trinajstić information content (AvgIpc) is 2.68. The lowest BCUT2D eigenvalue weighted by Gasteiger charge is -2.11. The summed E-state index contributed by atoms with van der Waals surface area (Å²) < 4.78 is 33.5. The SMILES string of the molecule is CC(C)Cc1ccc(S(=O)(=O)Nc2ccc(OCc3ccccc3)cc2)cc1. The molecule has 0 amide bonds. The van der Waals surface area contributed by atoms with Crippen LogP contribution >= 0.6 is 0 Å². The van der Waals surface area contributed by atoms with Gasteiger partial charge in [0.25, 0.3) is 10.0 Å². The molecule has 0 atom stereocenters. The highest BCUT2D eigenvalue weighted by atomic mass is 32.2. The van der Waals surface area contributed by atoms with Crippen LogP contribution in [0.5, 0.6) is 5.75 Å². The fraction of sp³-hybridized carbons (Fsp3) is 0.217. The smallest absolute Gasteiger partial charge is 0.261 e. The van der Waals surface area contributed by atoms with Crippen LogP contribution < -0.4 is 9.46 Å². The summed E-state index contributed by atoms with van der Waals surface area (Å²) in [7, 11) is -3.62. The maximum Gasteiger partial charge on any atom is 0.261 e. The van der Waals surface area contributed by atoms with Crippen molar-refractivity contribution in [1.82, 2.24) is 0 Å². The standard InChI is InChI=1S/C23H25NO3S/c1-18(2)16-19-8-14-23(15-9-19)28(25,26)24-21-10-12-22(13-11-21)27-17-20-6-4-3-5-7-20/h3-15,18,24H,16-17H2,1-2H3. The Morgan fingerprint density at radius 1 is 0.821 bits per heavy atom. The first-order valence-electron chi connectivity index (χ1n) is 9.31. The highest BCUT2D eigenvalue weighted by molar-refractivity contribution is 7.92. The van der Waals surface area contributed by atoms with Crippen molar-refractivity contribution in [3.63, 3.8) is 0 Å². The van der Waals surface area contributed by atoms with Gasteiger partial charge in [0, 0.05) is 5.69 Å². The minimum atomic E-state index is -3.62. The highest BCUT2D eigenvalue weighted by Crippen LogP contribution is 2.21. The van der Waals surface area contributed by atoms with E-state index < -0.39 is 10.0 Å². The number of anilines is 1. The number of rotatable bonds is 8.